The summed E-state index contributed by atoms with van der Waals surface area (Å²) in [7, 11) is 2.23. The monoisotopic (exact) mass is 219 g/mol. The summed E-state index contributed by atoms with van der Waals surface area (Å²) >= 11 is 0. The average Bonchev–Trinajstić information content (AvgIpc) is 2.27. The van der Waals surface area contributed by atoms with Gasteiger partial charge in [0.2, 0.25) is 0 Å². The average molecular weight is 219 g/mol. The molecule has 1 fully saturated rings. The number of hydrogen-bond acceptors (Lipinski definition) is 4. The normalized spacial score (nSPS) is 17.1. The Morgan fingerprint density at radius 2 is 2.12 bits per heavy atom. The summed E-state index contributed by atoms with van der Waals surface area (Å²) in [6, 6.07) is 11.1. The summed E-state index contributed by atoms with van der Waals surface area (Å²) < 4.78 is 4.90. The van der Waals surface area contributed by atoms with Crippen molar-refractivity contribution in [2.45, 2.75) is 12.6 Å². The highest BCUT2D eigenvalue weighted by Gasteiger charge is 2.25. The Labute approximate surface area is 97.2 Å². The van der Waals surface area contributed by atoms with Crippen molar-refractivity contribution >= 4 is 7.62 Å². The fraction of sp³-hybridized carbons (Fsp3) is 0.455. The molecule has 1 aliphatic rings. The molecule has 86 valence electrons. The van der Waals surface area contributed by atoms with Crippen molar-refractivity contribution in [2.75, 3.05) is 20.2 Å². The van der Waals surface area contributed by atoms with E-state index in [1.807, 2.05) is 0 Å². The lowest BCUT2D eigenvalue weighted by molar-refractivity contribution is 0.113. The van der Waals surface area contributed by atoms with Crippen LogP contribution < -0.4 is 10.8 Å². The predicted molar refractivity (Wildman–Crippen MR) is 65.9 cm³/mol. The van der Waals surface area contributed by atoms with Crippen LogP contribution in [0.3, 0.4) is 0 Å². The molecule has 0 amide bonds. The Balaban J connectivity index is 1.62. The van der Waals surface area contributed by atoms with Gasteiger partial charge in [0.05, 0.1) is 0 Å². The molecule has 0 bridgehead atoms. The lowest BCUT2D eigenvalue weighted by Gasteiger charge is -2.39. The zero-order valence-electron chi connectivity index (χ0n) is 9.65. The van der Waals surface area contributed by atoms with Crippen LogP contribution in [0.4, 0.5) is 0 Å². The van der Waals surface area contributed by atoms with E-state index < -0.39 is 0 Å². The van der Waals surface area contributed by atoms with Gasteiger partial charge < -0.3 is 4.65 Å². The zero-order chi connectivity index (χ0) is 11.2. The van der Waals surface area contributed by atoms with Crippen LogP contribution in [0.5, 0.6) is 0 Å². The van der Waals surface area contributed by atoms with E-state index in [2.05, 4.69) is 46.0 Å². The molecule has 1 saturated heterocycles. The molecule has 0 spiro atoms. The minimum atomic E-state index is 0.541. The SMILES string of the molecule is COBNNC1CN(Cc2ccccc2)C1. The predicted octanol–water partition coefficient (Wildman–Crippen LogP) is -0.122. The number of hydrazine groups is 1. The second kappa shape index (κ2) is 6.01. The first-order chi connectivity index (χ1) is 7.88. The van der Waals surface area contributed by atoms with E-state index in [0.29, 0.717) is 13.7 Å². The highest BCUT2D eigenvalue weighted by molar-refractivity contribution is 6.23. The maximum Gasteiger partial charge on any atom is 0.374 e. The molecule has 1 aromatic carbocycles. The van der Waals surface area contributed by atoms with Crippen LogP contribution in [0.2, 0.25) is 0 Å². The van der Waals surface area contributed by atoms with Crippen LogP contribution in [0, 0.1) is 0 Å². The Kier molecular flexibility index (Phi) is 4.36. The van der Waals surface area contributed by atoms with Crippen molar-refractivity contribution in [2.24, 2.45) is 0 Å². The first-order valence-corrected chi connectivity index (χ1v) is 5.62. The lowest BCUT2D eigenvalue weighted by atomic mass is 10.1. The Morgan fingerprint density at radius 1 is 1.38 bits per heavy atom. The maximum absolute atomic E-state index is 4.90. The number of nitrogens with zero attached hydrogens (tertiary/aromatic N) is 1. The fourth-order valence-electron chi connectivity index (χ4n) is 1.89. The number of nitrogens with one attached hydrogen (secondary N) is 2. The van der Waals surface area contributed by atoms with E-state index in [4.69, 9.17) is 4.65 Å². The van der Waals surface area contributed by atoms with Crippen molar-refractivity contribution in [3.05, 3.63) is 35.9 Å². The number of likely N-dealkylation sites (tertiary alicyclic amines) is 1. The van der Waals surface area contributed by atoms with E-state index in [-0.39, 0.29) is 0 Å². The van der Waals surface area contributed by atoms with Gasteiger partial charge in [-0.2, -0.15) is 0 Å². The molecule has 2 N–H and O–H groups in total. The molecule has 5 heteroatoms. The molecule has 1 heterocycles. The van der Waals surface area contributed by atoms with Crippen LogP contribution in [0.25, 0.3) is 0 Å². The van der Waals surface area contributed by atoms with Gasteiger partial charge in [0, 0.05) is 32.8 Å². The van der Waals surface area contributed by atoms with E-state index in [1.165, 1.54) is 5.56 Å². The molecule has 0 aromatic heterocycles. The van der Waals surface area contributed by atoms with Gasteiger partial charge in [-0.25, -0.2) is 0 Å². The third-order valence-corrected chi connectivity index (χ3v) is 2.73. The largest absolute Gasteiger partial charge is 0.426 e. The minimum absolute atomic E-state index is 0.541. The van der Waals surface area contributed by atoms with Gasteiger partial charge in [-0.05, 0) is 5.56 Å². The second-order valence-electron chi connectivity index (χ2n) is 4.13. The van der Waals surface area contributed by atoms with E-state index in [9.17, 15) is 0 Å². The van der Waals surface area contributed by atoms with Crippen LogP contribution in [-0.2, 0) is 11.2 Å². The molecule has 2 rings (SSSR count). The van der Waals surface area contributed by atoms with E-state index in [1.54, 1.807) is 7.11 Å². The highest BCUT2D eigenvalue weighted by Crippen LogP contribution is 2.12. The quantitative estimate of drug-likeness (QED) is 0.397. The molecule has 1 aromatic rings. The Morgan fingerprint density at radius 3 is 2.81 bits per heavy atom. The maximum atomic E-state index is 4.90. The van der Waals surface area contributed by atoms with Gasteiger partial charge in [-0.3, -0.25) is 15.7 Å². The van der Waals surface area contributed by atoms with Crippen molar-refractivity contribution in [3.63, 3.8) is 0 Å². The molecule has 4 nitrogen and oxygen atoms in total. The van der Waals surface area contributed by atoms with Crippen LogP contribution in [0.1, 0.15) is 5.56 Å². The van der Waals surface area contributed by atoms with Crippen molar-refractivity contribution in [1.29, 1.82) is 0 Å². The first-order valence-electron chi connectivity index (χ1n) is 5.62. The Bertz CT molecular complexity index is 303. The van der Waals surface area contributed by atoms with Gasteiger partial charge in [-0.15, -0.1) is 0 Å². The summed E-state index contributed by atoms with van der Waals surface area (Å²) in [6.07, 6.45) is 0. The summed E-state index contributed by atoms with van der Waals surface area (Å²) in [5.74, 6) is 0. The van der Waals surface area contributed by atoms with Crippen LogP contribution in [-0.4, -0.2) is 38.8 Å². The molecule has 0 unspecified atom stereocenters. The van der Waals surface area contributed by atoms with E-state index >= 15 is 0 Å². The topological polar surface area (TPSA) is 36.5 Å². The van der Waals surface area contributed by atoms with Crippen molar-refractivity contribution < 1.29 is 4.65 Å². The van der Waals surface area contributed by atoms with Gasteiger partial charge in [0.1, 0.15) is 0 Å². The van der Waals surface area contributed by atoms with Crippen molar-refractivity contribution in [3.8, 4) is 0 Å². The minimum Gasteiger partial charge on any atom is -0.426 e. The standard InChI is InChI=1S/C11H18BN3O/c1-16-12-14-13-11-8-15(9-11)7-10-5-3-2-4-6-10/h2-6,11-14H,7-9H2,1H3. The Hall–Kier alpha value is -0.875. The molecule has 0 aliphatic carbocycles. The number of hydrogen-bond donors (Lipinski definition) is 2. The number of rotatable bonds is 6. The second-order valence-corrected chi connectivity index (χ2v) is 4.13. The van der Waals surface area contributed by atoms with Crippen LogP contribution in [0.15, 0.2) is 30.3 Å². The first kappa shape index (κ1) is 11.6. The summed E-state index contributed by atoms with van der Waals surface area (Å²) in [4.78, 5) is 2.42. The summed E-state index contributed by atoms with van der Waals surface area (Å²) in [6.45, 7) is 3.22. The zero-order valence-corrected chi connectivity index (χ0v) is 9.65. The molecule has 16 heavy (non-hydrogen) atoms. The van der Waals surface area contributed by atoms with Gasteiger partial charge >= 0.3 is 7.62 Å². The van der Waals surface area contributed by atoms with Gasteiger partial charge in [0.25, 0.3) is 0 Å². The highest BCUT2D eigenvalue weighted by atomic mass is 16.4. The molecule has 0 atom stereocenters. The van der Waals surface area contributed by atoms with Crippen LogP contribution >= 0.6 is 0 Å². The molecular weight excluding hydrogens is 201 g/mol. The molecular formula is C11H18BN3O. The molecule has 1 aliphatic heterocycles. The summed E-state index contributed by atoms with van der Waals surface area (Å²) in [5.41, 5.74) is 4.60. The van der Waals surface area contributed by atoms with Gasteiger partial charge in [-0.1, -0.05) is 30.3 Å². The lowest BCUT2D eigenvalue weighted by Crippen LogP contribution is -2.61. The third-order valence-electron chi connectivity index (χ3n) is 2.73. The smallest absolute Gasteiger partial charge is 0.374 e. The summed E-state index contributed by atoms with van der Waals surface area (Å²) in [5, 5.41) is 3.02. The van der Waals surface area contributed by atoms with E-state index in [0.717, 1.165) is 19.6 Å². The molecule has 0 saturated carbocycles. The fourth-order valence-corrected chi connectivity index (χ4v) is 1.89. The molecule has 0 radical (unpaired) electrons. The van der Waals surface area contributed by atoms with Crippen molar-refractivity contribution in [1.82, 2.24) is 15.7 Å². The van der Waals surface area contributed by atoms with Gasteiger partial charge in [0.15, 0.2) is 0 Å². The number of benzene rings is 1. The third kappa shape index (κ3) is 3.32.